The van der Waals surface area contributed by atoms with Gasteiger partial charge in [0, 0.05) is 17.7 Å². The number of amides is 1. The summed E-state index contributed by atoms with van der Waals surface area (Å²) in [6.45, 7) is 0. The van der Waals surface area contributed by atoms with Crippen molar-refractivity contribution in [3.63, 3.8) is 0 Å². The number of nitrogens with zero attached hydrogens (tertiary/aromatic N) is 2. The van der Waals surface area contributed by atoms with E-state index in [2.05, 4.69) is 10.5 Å². The number of methoxy groups -OCH3 is 3. The fourth-order valence-electron chi connectivity index (χ4n) is 2.82. The number of nitro groups is 1. The molecule has 12 heteroatoms. The van der Waals surface area contributed by atoms with Gasteiger partial charge in [-0.3, -0.25) is 14.9 Å². The predicted octanol–water partition coefficient (Wildman–Crippen LogP) is 3.20. The Bertz CT molecular complexity index is 1210. The number of non-ortho nitro benzene ring substituents is 1. The predicted molar refractivity (Wildman–Crippen MR) is 118 cm³/mol. The van der Waals surface area contributed by atoms with Gasteiger partial charge in [0.25, 0.3) is 5.69 Å². The molecule has 1 aromatic heterocycles. The Hall–Kier alpha value is -4.87. The fourth-order valence-corrected chi connectivity index (χ4v) is 2.82. The highest BCUT2D eigenvalue weighted by Gasteiger charge is 2.20. The molecule has 176 valence electrons. The number of hydrogen-bond acceptors (Lipinski definition) is 10. The van der Waals surface area contributed by atoms with Gasteiger partial charge in [0.15, 0.2) is 17.3 Å². The second-order valence-corrected chi connectivity index (χ2v) is 6.46. The van der Waals surface area contributed by atoms with Crippen LogP contribution in [0.1, 0.15) is 26.5 Å². The maximum atomic E-state index is 12.8. The van der Waals surface area contributed by atoms with Crippen molar-refractivity contribution in [3.8, 4) is 23.0 Å². The molecule has 1 amide bonds. The van der Waals surface area contributed by atoms with Gasteiger partial charge in [0.05, 0.1) is 44.3 Å². The smallest absolute Gasteiger partial charge is 0.343 e. The Balaban J connectivity index is 1.89. The van der Waals surface area contributed by atoms with Crippen molar-refractivity contribution < 1.29 is 37.9 Å². The molecule has 0 saturated carbocycles. The van der Waals surface area contributed by atoms with E-state index in [0.717, 1.165) is 18.3 Å². The molecule has 0 aliphatic heterocycles. The van der Waals surface area contributed by atoms with Gasteiger partial charge in [-0.2, -0.15) is 5.10 Å². The van der Waals surface area contributed by atoms with Gasteiger partial charge in [-0.1, -0.05) is 0 Å². The largest absolute Gasteiger partial charge is 0.493 e. The van der Waals surface area contributed by atoms with E-state index in [-0.39, 0.29) is 45.6 Å². The Labute approximate surface area is 192 Å². The first kappa shape index (κ1) is 23.8. The molecule has 3 aromatic rings. The lowest BCUT2D eigenvalue weighted by molar-refractivity contribution is -0.384. The summed E-state index contributed by atoms with van der Waals surface area (Å²) in [5.41, 5.74) is 2.08. The van der Waals surface area contributed by atoms with Crippen molar-refractivity contribution in [2.75, 3.05) is 21.3 Å². The lowest BCUT2D eigenvalue weighted by Crippen LogP contribution is -2.17. The standard InChI is InChI=1S/C22H19N3O9/c1-30-18-10-13(11-19(31-2)20(18)32-3)22(27)34-16-7-6-15(25(28)29)9-14(16)12-23-24-21(26)17-5-4-8-33-17/h4-12H,1-3H3,(H,24,26)/b23-12+. The van der Waals surface area contributed by atoms with E-state index >= 15 is 0 Å². The Morgan fingerprint density at radius 1 is 1.03 bits per heavy atom. The van der Waals surface area contributed by atoms with Crippen LogP contribution in [0.5, 0.6) is 23.0 Å². The second-order valence-electron chi connectivity index (χ2n) is 6.46. The number of esters is 1. The van der Waals surface area contributed by atoms with Gasteiger partial charge in [0.1, 0.15) is 5.75 Å². The number of hydrogen-bond donors (Lipinski definition) is 1. The van der Waals surface area contributed by atoms with Crippen LogP contribution in [0, 0.1) is 10.1 Å². The number of carbonyl (C=O) groups excluding carboxylic acids is 2. The molecule has 0 radical (unpaired) electrons. The van der Waals surface area contributed by atoms with Crippen molar-refractivity contribution >= 4 is 23.8 Å². The maximum Gasteiger partial charge on any atom is 0.343 e. The molecule has 0 saturated heterocycles. The van der Waals surface area contributed by atoms with Crippen LogP contribution in [0.4, 0.5) is 5.69 Å². The van der Waals surface area contributed by atoms with E-state index in [9.17, 15) is 19.7 Å². The zero-order chi connectivity index (χ0) is 24.7. The first-order chi connectivity index (χ1) is 16.4. The van der Waals surface area contributed by atoms with Gasteiger partial charge in [-0.05, 0) is 30.3 Å². The highest BCUT2D eigenvalue weighted by Crippen LogP contribution is 2.38. The Morgan fingerprint density at radius 2 is 1.74 bits per heavy atom. The minimum atomic E-state index is -0.803. The van der Waals surface area contributed by atoms with Crippen LogP contribution >= 0.6 is 0 Å². The first-order valence-electron chi connectivity index (χ1n) is 9.55. The third kappa shape index (κ3) is 5.30. The lowest BCUT2D eigenvalue weighted by Gasteiger charge is -2.14. The summed E-state index contributed by atoms with van der Waals surface area (Å²) in [6.07, 6.45) is 2.42. The highest BCUT2D eigenvalue weighted by molar-refractivity contribution is 5.95. The summed E-state index contributed by atoms with van der Waals surface area (Å²) in [4.78, 5) is 35.3. The number of ether oxygens (including phenoxy) is 4. The number of hydrazone groups is 1. The zero-order valence-corrected chi connectivity index (χ0v) is 18.3. The number of benzene rings is 2. The summed E-state index contributed by atoms with van der Waals surface area (Å²) in [7, 11) is 4.22. The summed E-state index contributed by atoms with van der Waals surface area (Å²) >= 11 is 0. The normalized spacial score (nSPS) is 10.6. The van der Waals surface area contributed by atoms with Gasteiger partial charge in [0.2, 0.25) is 5.75 Å². The van der Waals surface area contributed by atoms with E-state index in [1.54, 1.807) is 0 Å². The van der Waals surface area contributed by atoms with Crippen LogP contribution in [0.2, 0.25) is 0 Å². The summed E-state index contributed by atoms with van der Waals surface area (Å²) in [6, 6.07) is 9.29. The van der Waals surface area contributed by atoms with Crippen LogP contribution < -0.4 is 24.4 Å². The SMILES string of the molecule is COc1cc(C(=O)Oc2ccc([N+](=O)[O-])cc2/C=N/NC(=O)c2ccco2)cc(OC)c1OC. The van der Waals surface area contributed by atoms with Gasteiger partial charge in [-0.25, -0.2) is 10.2 Å². The van der Waals surface area contributed by atoms with Crippen LogP contribution in [0.3, 0.4) is 0 Å². The van der Waals surface area contributed by atoms with Crippen molar-refractivity contribution in [3.05, 3.63) is 75.7 Å². The van der Waals surface area contributed by atoms with Crippen molar-refractivity contribution in [1.82, 2.24) is 5.43 Å². The van der Waals surface area contributed by atoms with E-state index < -0.39 is 16.8 Å². The summed E-state index contributed by atoms with van der Waals surface area (Å²) < 4.78 is 26.1. The molecule has 1 heterocycles. The topological polar surface area (TPSA) is 152 Å². The van der Waals surface area contributed by atoms with Gasteiger partial charge < -0.3 is 23.4 Å². The van der Waals surface area contributed by atoms with E-state index in [4.69, 9.17) is 23.4 Å². The Kier molecular flexibility index (Phi) is 7.44. The molecule has 0 fully saturated rings. The molecule has 1 N–H and O–H groups in total. The molecule has 34 heavy (non-hydrogen) atoms. The molecule has 0 aliphatic rings. The van der Waals surface area contributed by atoms with E-state index in [1.165, 1.54) is 57.9 Å². The Morgan fingerprint density at radius 3 is 2.29 bits per heavy atom. The average molecular weight is 469 g/mol. The van der Waals surface area contributed by atoms with Crippen molar-refractivity contribution in [2.24, 2.45) is 5.10 Å². The number of nitro benzene ring substituents is 1. The summed E-state index contributed by atoms with van der Waals surface area (Å²) in [5.74, 6) is -0.701. The maximum absolute atomic E-state index is 12.8. The molecule has 0 unspecified atom stereocenters. The van der Waals surface area contributed by atoms with Crippen LogP contribution in [0.15, 0.2) is 58.2 Å². The van der Waals surface area contributed by atoms with E-state index in [0.29, 0.717) is 0 Å². The van der Waals surface area contributed by atoms with Crippen molar-refractivity contribution in [2.45, 2.75) is 0 Å². The fraction of sp³-hybridized carbons (Fsp3) is 0.136. The molecular weight excluding hydrogens is 450 g/mol. The van der Waals surface area contributed by atoms with Gasteiger partial charge in [-0.15, -0.1) is 0 Å². The first-order valence-corrected chi connectivity index (χ1v) is 9.55. The van der Waals surface area contributed by atoms with E-state index in [1.807, 2.05) is 0 Å². The molecule has 0 spiro atoms. The zero-order valence-electron chi connectivity index (χ0n) is 18.3. The van der Waals surface area contributed by atoms with Crippen LogP contribution in [-0.2, 0) is 0 Å². The monoisotopic (exact) mass is 469 g/mol. The molecule has 0 bridgehead atoms. The summed E-state index contributed by atoms with van der Waals surface area (Å²) in [5, 5.41) is 14.9. The minimum absolute atomic E-state index is 0.0187. The molecule has 3 rings (SSSR count). The van der Waals surface area contributed by atoms with Crippen LogP contribution in [-0.4, -0.2) is 44.3 Å². The molecular formula is C22H19N3O9. The molecule has 12 nitrogen and oxygen atoms in total. The highest BCUT2D eigenvalue weighted by atomic mass is 16.6. The minimum Gasteiger partial charge on any atom is -0.493 e. The third-order valence-electron chi connectivity index (χ3n) is 4.42. The average Bonchev–Trinajstić information content (AvgIpc) is 3.38. The van der Waals surface area contributed by atoms with Crippen LogP contribution in [0.25, 0.3) is 0 Å². The second kappa shape index (κ2) is 10.6. The molecule has 2 aromatic carbocycles. The lowest BCUT2D eigenvalue weighted by atomic mass is 10.1. The number of furan rings is 1. The number of nitrogens with one attached hydrogen (secondary N) is 1. The quantitative estimate of drug-likeness (QED) is 0.164. The number of rotatable bonds is 9. The number of carbonyl (C=O) groups is 2. The third-order valence-corrected chi connectivity index (χ3v) is 4.42. The molecule has 0 aliphatic carbocycles. The van der Waals surface area contributed by atoms with Crippen molar-refractivity contribution in [1.29, 1.82) is 0 Å². The molecule has 0 atom stereocenters. The van der Waals surface area contributed by atoms with Gasteiger partial charge >= 0.3 is 11.9 Å².